The molecule has 0 bridgehead atoms. The topological polar surface area (TPSA) is 16.4 Å². The Morgan fingerprint density at radius 3 is 1.35 bits per heavy atom. The summed E-state index contributed by atoms with van der Waals surface area (Å²) in [6, 6.07) is 89.1. The van der Waals surface area contributed by atoms with Crippen LogP contribution in [-0.2, 0) is 0 Å². The van der Waals surface area contributed by atoms with E-state index in [9.17, 15) is 0 Å². The van der Waals surface area contributed by atoms with Crippen molar-refractivity contribution in [3.8, 4) is 67.0 Å². The average Bonchev–Trinajstić information content (AvgIpc) is 3.80. The van der Waals surface area contributed by atoms with Gasteiger partial charge in [-0.2, -0.15) is 0 Å². The highest BCUT2D eigenvalue weighted by Crippen LogP contribution is 2.41. The monoisotopic (exact) mass is 791 g/mol. The third kappa shape index (κ3) is 7.25. The number of rotatable bonds is 9. The summed E-state index contributed by atoms with van der Waals surface area (Å²) in [5.41, 5.74) is 16.9. The average molecular weight is 792 g/mol. The zero-order valence-corrected chi connectivity index (χ0v) is 34.0. The lowest BCUT2D eigenvalue weighted by Crippen LogP contribution is -2.10. The van der Waals surface area contributed by atoms with Crippen LogP contribution in [-0.4, -0.2) is 0 Å². The molecule has 292 valence electrons. The van der Waals surface area contributed by atoms with E-state index in [4.69, 9.17) is 4.42 Å². The van der Waals surface area contributed by atoms with Crippen molar-refractivity contribution in [1.82, 2.24) is 0 Å². The first kappa shape index (κ1) is 36.8. The molecule has 0 atom stereocenters. The normalized spacial score (nSPS) is 11.2. The fourth-order valence-corrected chi connectivity index (χ4v) is 8.68. The highest BCUT2D eigenvalue weighted by molar-refractivity contribution is 5.97. The first-order valence-electron chi connectivity index (χ1n) is 21.1. The Kier molecular flexibility index (Phi) is 9.57. The predicted octanol–water partition coefficient (Wildman–Crippen LogP) is 17.1. The minimum atomic E-state index is 0.868. The largest absolute Gasteiger partial charge is 0.456 e. The Hall–Kier alpha value is -8.20. The molecule has 0 unspecified atom stereocenters. The number of fused-ring (bicyclic) bond motifs is 2. The highest BCUT2D eigenvalue weighted by Gasteiger charge is 2.17. The van der Waals surface area contributed by atoms with Crippen LogP contribution in [0.4, 0.5) is 17.1 Å². The standard InChI is InChI=1S/C60H41NO/c1-3-13-42(14-4-1)52-38-53(43-15-5-2-6-16-43)40-56(39-52)61(55-35-31-46(32-36-55)49-20-11-21-50(37-49)60-41-51-18-8-10-24-59(51)62-60)54-33-29-45(30-34-54)44-25-27-48(28-26-44)58-23-12-19-47-17-7-9-22-57(47)58/h1-41H. The van der Waals surface area contributed by atoms with E-state index in [1.807, 2.05) is 18.2 Å². The van der Waals surface area contributed by atoms with Gasteiger partial charge in [0.1, 0.15) is 11.3 Å². The van der Waals surface area contributed by atoms with E-state index in [0.717, 1.165) is 61.6 Å². The summed E-state index contributed by atoms with van der Waals surface area (Å²) in [6.07, 6.45) is 0. The Morgan fingerprint density at radius 2 is 0.710 bits per heavy atom. The number of hydrogen-bond donors (Lipinski definition) is 0. The maximum atomic E-state index is 6.24. The van der Waals surface area contributed by atoms with E-state index in [0.29, 0.717) is 0 Å². The van der Waals surface area contributed by atoms with Gasteiger partial charge in [-0.05, 0) is 127 Å². The van der Waals surface area contributed by atoms with Crippen LogP contribution in [0.3, 0.4) is 0 Å². The Bertz CT molecular complexity index is 3210. The van der Waals surface area contributed by atoms with Crippen LogP contribution in [0.5, 0.6) is 0 Å². The van der Waals surface area contributed by atoms with Crippen LogP contribution < -0.4 is 4.90 Å². The summed E-state index contributed by atoms with van der Waals surface area (Å²) in [6.45, 7) is 0. The van der Waals surface area contributed by atoms with Crippen molar-refractivity contribution in [3.63, 3.8) is 0 Å². The lowest BCUT2D eigenvalue weighted by molar-refractivity contribution is 0.631. The number of furan rings is 1. The molecule has 11 rings (SSSR count). The van der Waals surface area contributed by atoms with E-state index in [2.05, 4.69) is 235 Å². The third-order valence-electron chi connectivity index (χ3n) is 11.9. The van der Waals surface area contributed by atoms with Crippen molar-refractivity contribution in [2.45, 2.75) is 0 Å². The van der Waals surface area contributed by atoms with Gasteiger partial charge in [0.2, 0.25) is 0 Å². The fraction of sp³-hybridized carbons (Fsp3) is 0. The quantitative estimate of drug-likeness (QED) is 0.145. The van der Waals surface area contributed by atoms with Gasteiger partial charge in [0.25, 0.3) is 0 Å². The first-order chi connectivity index (χ1) is 30.7. The summed E-state index contributed by atoms with van der Waals surface area (Å²) < 4.78 is 6.24. The van der Waals surface area contributed by atoms with E-state index in [1.54, 1.807) is 0 Å². The van der Waals surface area contributed by atoms with E-state index in [-0.39, 0.29) is 0 Å². The molecule has 0 fully saturated rings. The van der Waals surface area contributed by atoms with Gasteiger partial charge in [-0.3, -0.25) is 0 Å². The van der Waals surface area contributed by atoms with Crippen LogP contribution in [0, 0.1) is 0 Å². The molecular weight excluding hydrogens is 751 g/mol. The number of para-hydroxylation sites is 1. The molecular formula is C60H41NO. The molecule has 0 saturated carbocycles. The zero-order chi connectivity index (χ0) is 41.2. The van der Waals surface area contributed by atoms with Gasteiger partial charge in [0.05, 0.1) is 0 Å². The Balaban J connectivity index is 0.980. The molecule has 0 aliphatic carbocycles. The molecule has 0 aliphatic rings. The maximum absolute atomic E-state index is 6.24. The molecule has 0 aliphatic heterocycles. The van der Waals surface area contributed by atoms with Crippen LogP contribution in [0.25, 0.3) is 88.7 Å². The second-order valence-electron chi connectivity index (χ2n) is 15.8. The number of benzene rings is 10. The third-order valence-corrected chi connectivity index (χ3v) is 11.9. The Labute approximate surface area is 362 Å². The molecule has 0 radical (unpaired) electrons. The molecule has 1 aromatic heterocycles. The van der Waals surface area contributed by atoms with Crippen molar-refractivity contribution in [1.29, 1.82) is 0 Å². The second kappa shape index (κ2) is 16.1. The SMILES string of the molecule is c1ccc(-c2cc(-c3ccccc3)cc(N(c3ccc(-c4ccc(-c5cccc6ccccc56)cc4)cc3)c3ccc(-c4cccc(-c5cc6ccccc6o5)c4)cc3)c2)cc1. The molecule has 2 nitrogen and oxygen atoms in total. The molecule has 11 aromatic rings. The van der Waals surface area contributed by atoms with Gasteiger partial charge in [-0.25, -0.2) is 0 Å². The molecule has 62 heavy (non-hydrogen) atoms. The summed E-state index contributed by atoms with van der Waals surface area (Å²) in [5.74, 6) is 0.868. The van der Waals surface area contributed by atoms with Gasteiger partial charge in [-0.1, -0.05) is 188 Å². The molecule has 0 amide bonds. The molecule has 0 N–H and O–H groups in total. The summed E-state index contributed by atoms with van der Waals surface area (Å²) in [5, 5.41) is 3.62. The zero-order valence-electron chi connectivity index (χ0n) is 34.0. The molecule has 10 aromatic carbocycles. The summed E-state index contributed by atoms with van der Waals surface area (Å²) in [7, 11) is 0. The van der Waals surface area contributed by atoms with Crippen molar-refractivity contribution < 1.29 is 4.42 Å². The van der Waals surface area contributed by atoms with Gasteiger partial charge in [-0.15, -0.1) is 0 Å². The molecule has 2 heteroatoms. The van der Waals surface area contributed by atoms with Gasteiger partial charge in [0.15, 0.2) is 0 Å². The van der Waals surface area contributed by atoms with Crippen LogP contribution in [0.2, 0.25) is 0 Å². The van der Waals surface area contributed by atoms with E-state index < -0.39 is 0 Å². The minimum absolute atomic E-state index is 0.868. The van der Waals surface area contributed by atoms with Crippen molar-refractivity contribution in [3.05, 3.63) is 249 Å². The lowest BCUT2D eigenvalue weighted by atomic mass is 9.96. The molecule has 0 saturated heterocycles. The fourth-order valence-electron chi connectivity index (χ4n) is 8.68. The van der Waals surface area contributed by atoms with Gasteiger partial charge < -0.3 is 9.32 Å². The van der Waals surface area contributed by atoms with E-state index >= 15 is 0 Å². The van der Waals surface area contributed by atoms with Crippen molar-refractivity contribution in [2.75, 3.05) is 4.90 Å². The van der Waals surface area contributed by atoms with Gasteiger partial charge in [0, 0.05) is 28.0 Å². The lowest BCUT2D eigenvalue weighted by Gasteiger charge is -2.27. The number of nitrogens with zero attached hydrogens (tertiary/aromatic N) is 1. The maximum Gasteiger partial charge on any atom is 0.135 e. The van der Waals surface area contributed by atoms with E-state index in [1.165, 1.54) is 44.2 Å². The highest BCUT2D eigenvalue weighted by atomic mass is 16.3. The predicted molar refractivity (Wildman–Crippen MR) is 261 cm³/mol. The first-order valence-corrected chi connectivity index (χ1v) is 21.1. The Morgan fingerprint density at radius 1 is 0.258 bits per heavy atom. The smallest absolute Gasteiger partial charge is 0.135 e. The van der Waals surface area contributed by atoms with Gasteiger partial charge >= 0.3 is 0 Å². The van der Waals surface area contributed by atoms with Crippen molar-refractivity contribution in [2.24, 2.45) is 0 Å². The summed E-state index contributed by atoms with van der Waals surface area (Å²) in [4.78, 5) is 2.38. The van der Waals surface area contributed by atoms with Crippen LogP contribution in [0.1, 0.15) is 0 Å². The minimum Gasteiger partial charge on any atom is -0.456 e. The second-order valence-corrected chi connectivity index (χ2v) is 15.8. The van der Waals surface area contributed by atoms with Crippen molar-refractivity contribution >= 4 is 38.8 Å². The molecule has 1 heterocycles. The summed E-state index contributed by atoms with van der Waals surface area (Å²) >= 11 is 0. The molecule has 0 spiro atoms. The number of anilines is 3. The van der Waals surface area contributed by atoms with Crippen LogP contribution in [0.15, 0.2) is 253 Å². The van der Waals surface area contributed by atoms with Crippen LogP contribution >= 0.6 is 0 Å². The number of hydrogen-bond acceptors (Lipinski definition) is 2.